The number of nitrogens with one attached hydrogen (secondary N) is 1. The number of aromatic nitrogens is 1. The molecule has 3 rings (SSSR count). The van der Waals surface area contributed by atoms with Crippen LogP contribution >= 0.6 is 0 Å². The molecule has 5 nitrogen and oxygen atoms in total. The molecule has 0 aliphatic carbocycles. The van der Waals surface area contributed by atoms with Gasteiger partial charge in [-0.15, -0.1) is 0 Å². The molecule has 1 heterocycles. The first-order valence-corrected chi connectivity index (χ1v) is 6.10. The minimum absolute atomic E-state index is 0.0494. The number of hydrogen-bond acceptors (Lipinski definition) is 4. The van der Waals surface area contributed by atoms with Gasteiger partial charge >= 0.3 is 0 Å². The fourth-order valence-corrected chi connectivity index (χ4v) is 2.09. The summed E-state index contributed by atoms with van der Waals surface area (Å²) in [6, 6.07) is 16.0. The number of hydrogen-bond donors (Lipinski definition) is 1. The first kappa shape index (κ1) is 12.1. The SMILES string of the molecule is O=[N+]([O-])c1ccccc1Nc1ccnc2ccccc12. The summed E-state index contributed by atoms with van der Waals surface area (Å²) in [7, 11) is 0. The second kappa shape index (κ2) is 4.97. The maximum Gasteiger partial charge on any atom is 0.292 e. The number of pyridine rings is 1. The van der Waals surface area contributed by atoms with E-state index in [-0.39, 0.29) is 5.69 Å². The van der Waals surface area contributed by atoms with Crippen LogP contribution in [0.5, 0.6) is 0 Å². The van der Waals surface area contributed by atoms with Gasteiger partial charge in [0.2, 0.25) is 0 Å². The average molecular weight is 265 g/mol. The van der Waals surface area contributed by atoms with Crippen LogP contribution in [-0.4, -0.2) is 9.91 Å². The summed E-state index contributed by atoms with van der Waals surface area (Å²) in [6.45, 7) is 0. The van der Waals surface area contributed by atoms with Crippen molar-refractivity contribution in [3.05, 3.63) is 70.9 Å². The molecule has 0 fully saturated rings. The molecule has 98 valence electrons. The molecule has 0 unspecified atom stereocenters. The van der Waals surface area contributed by atoms with Gasteiger partial charge in [-0.1, -0.05) is 30.3 Å². The molecule has 0 atom stereocenters. The van der Waals surface area contributed by atoms with E-state index in [2.05, 4.69) is 10.3 Å². The summed E-state index contributed by atoms with van der Waals surface area (Å²) in [4.78, 5) is 14.9. The second-order valence-corrected chi connectivity index (χ2v) is 4.27. The molecule has 0 aliphatic heterocycles. The van der Waals surface area contributed by atoms with Crippen LogP contribution in [0.15, 0.2) is 60.8 Å². The lowest BCUT2D eigenvalue weighted by Gasteiger charge is -2.09. The largest absolute Gasteiger partial charge is 0.349 e. The third-order valence-electron chi connectivity index (χ3n) is 3.02. The van der Waals surface area contributed by atoms with Crippen molar-refractivity contribution in [2.45, 2.75) is 0 Å². The zero-order valence-electron chi connectivity index (χ0n) is 10.5. The van der Waals surface area contributed by atoms with Crippen LogP contribution in [-0.2, 0) is 0 Å². The van der Waals surface area contributed by atoms with Gasteiger partial charge in [0.05, 0.1) is 10.4 Å². The zero-order chi connectivity index (χ0) is 13.9. The van der Waals surface area contributed by atoms with Crippen molar-refractivity contribution in [3.8, 4) is 0 Å². The van der Waals surface area contributed by atoms with Crippen molar-refractivity contribution in [2.75, 3.05) is 5.32 Å². The number of nitrogens with zero attached hydrogens (tertiary/aromatic N) is 2. The second-order valence-electron chi connectivity index (χ2n) is 4.27. The molecule has 1 aromatic heterocycles. The van der Waals surface area contributed by atoms with Crippen LogP contribution in [0.2, 0.25) is 0 Å². The highest BCUT2D eigenvalue weighted by Crippen LogP contribution is 2.30. The van der Waals surface area contributed by atoms with E-state index in [1.807, 2.05) is 24.3 Å². The highest BCUT2D eigenvalue weighted by Gasteiger charge is 2.13. The van der Waals surface area contributed by atoms with Crippen molar-refractivity contribution < 1.29 is 4.92 Å². The normalized spacial score (nSPS) is 10.4. The minimum Gasteiger partial charge on any atom is -0.349 e. The lowest BCUT2D eigenvalue weighted by molar-refractivity contribution is -0.383. The van der Waals surface area contributed by atoms with E-state index < -0.39 is 4.92 Å². The Balaban J connectivity index is 2.08. The topological polar surface area (TPSA) is 68.1 Å². The van der Waals surface area contributed by atoms with Crippen molar-refractivity contribution in [1.82, 2.24) is 4.98 Å². The quantitative estimate of drug-likeness (QED) is 0.576. The average Bonchev–Trinajstić information content (AvgIpc) is 2.48. The van der Waals surface area contributed by atoms with Gasteiger partial charge in [-0.05, 0) is 18.2 Å². The van der Waals surface area contributed by atoms with Gasteiger partial charge in [-0.3, -0.25) is 15.1 Å². The predicted octanol–water partition coefficient (Wildman–Crippen LogP) is 3.89. The zero-order valence-corrected chi connectivity index (χ0v) is 10.5. The standard InChI is InChI=1S/C15H11N3O2/c19-18(20)15-8-4-3-7-14(15)17-13-9-10-16-12-6-2-1-5-11(12)13/h1-10H,(H,16,17). The van der Waals surface area contributed by atoms with Crippen molar-refractivity contribution in [1.29, 1.82) is 0 Å². The van der Waals surface area contributed by atoms with Crippen LogP contribution in [0.4, 0.5) is 17.1 Å². The van der Waals surface area contributed by atoms with Gasteiger partial charge in [0.1, 0.15) is 5.69 Å². The molecule has 1 N–H and O–H groups in total. The molecule has 3 aromatic rings. The van der Waals surface area contributed by atoms with Gasteiger partial charge in [0.15, 0.2) is 0 Å². The van der Waals surface area contributed by atoms with Gasteiger partial charge in [0.25, 0.3) is 5.69 Å². The maximum atomic E-state index is 11.0. The Morgan fingerprint density at radius 3 is 2.55 bits per heavy atom. The monoisotopic (exact) mass is 265 g/mol. The van der Waals surface area contributed by atoms with Crippen molar-refractivity contribution in [3.63, 3.8) is 0 Å². The van der Waals surface area contributed by atoms with E-state index in [0.29, 0.717) is 5.69 Å². The number of anilines is 2. The molecule has 0 radical (unpaired) electrons. The smallest absolute Gasteiger partial charge is 0.292 e. The molecule has 0 aliphatic rings. The number of para-hydroxylation sites is 3. The van der Waals surface area contributed by atoms with Crippen molar-refractivity contribution >= 4 is 28.0 Å². The molecule has 20 heavy (non-hydrogen) atoms. The first-order valence-electron chi connectivity index (χ1n) is 6.10. The highest BCUT2D eigenvalue weighted by atomic mass is 16.6. The van der Waals surface area contributed by atoms with Crippen LogP contribution in [0, 0.1) is 10.1 Å². The van der Waals surface area contributed by atoms with E-state index in [4.69, 9.17) is 0 Å². The lowest BCUT2D eigenvalue weighted by atomic mass is 10.1. The van der Waals surface area contributed by atoms with Crippen LogP contribution in [0.3, 0.4) is 0 Å². The summed E-state index contributed by atoms with van der Waals surface area (Å²) < 4.78 is 0. The van der Waals surface area contributed by atoms with Gasteiger partial charge in [-0.25, -0.2) is 0 Å². The minimum atomic E-state index is -0.397. The molecule has 0 saturated heterocycles. The van der Waals surface area contributed by atoms with E-state index in [1.54, 1.807) is 30.5 Å². The molecule has 2 aromatic carbocycles. The van der Waals surface area contributed by atoms with E-state index in [0.717, 1.165) is 16.6 Å². The molecule has 0 bridgehead atoms. The van der Waals surface area contributed by atoms with Crippen molar-refractivity contribution in [2.24, 2.45) is 0 Å². The highest BCUT2D eigenvalue weighted by molar-refractivity contribution is 5.93. The maximum absolute atomic E-state index is 11.0. The molecular formula is C15H11N3O2. The third kappa shape index (κ3) is 2.16. The number of nitro groups is 1. The fourth-order valence-electron chi connectivity index (χ4n) is 2.09. The van der Waals surface area contributed by atoms with Gasteiger partial charge < -0.3 is 5.32 Å². The fraction of sp³-hybridized carbons (Fsp3) is 0. The summed E-state index contributed by atoms with van der Waals surface area (Å²) in [5.41, 5.74) is 2.16. The Morgan fingerprint density at radius 1 is 0.950 bits per heavy atom. The van der Waals surface area contributed by atoms with Crippen LogP contribution in [0.25, 0.3) is 10.9 Å². The number of benzene rings is 2. The molecule has 0 amide bonds. The van der Waals surface area contributed by atoms with E-state index in [9.17, 15) is 10.1 Å². The van der Waals surface area contributed by atoms with Gasteiger partial charge in [-0.2, -0.15) is 0 Å². The van der Waals surface area contributed by atoms with Gasteiger partial charge in [0, 0.05) is 23.3 Å². The Bertz CT molecular complexity index is 781. The number of rotatable bonds is 3. The summed E-state index contributed by atoms with van der Waals surface area (Å²) >= 11 is 0. The molecule has 0 spiro atoms. The molecular weight excluding hydrogens is 254 g/mol. The molecule has 0 saturated carbocycles. The van der Waals surface area contributed by atoms with E-state index >= 15 is 0 Å². The first-order chi connectivity index (χ1) is 9.75. The Labute approximate surface area is 115 Å². The van der Waals surface area contributed by atoms with Crippen LogP contribution < -0.4 is 5.32 Å². The van der Waals surface area contributed by atoms with E-state index in [1.165, 1.54) is 6.07 Å². The predicted molar refractivity (Wildman–Crippen MR) is 78.1 cm³/mol. The Hall–Kier alpha value is -2.95. The summed E-state index contributed by atoms with van der Waals surface area (Å²) in [5.74, 6) is 0. The van der Waals surface area contributed by atoms with Crippen LogP contribution in [0.1, 0.15) is 0 Å². The third-order valence-corrected chi connectivity index (χ3v) is 3.02. The number of nitro benzene ring substituents is 1. The summed E-state index contributed by atoms with van der Waals surface area (Å²) in [5, 5.41) is 15.1. The summed E-state index contributed by atoms with van der Waals surface area (Å²) in [6.07, 6.45) is 1.68. The number of fused-ring (bicyclic) bond motifs is 1. The lowest BCUT2D eigenvalue weighted by Crippen LogP contribution is -1.97. The Kier molecular flexibility index (Phi) is 3.01. The molecule has 5 heteroatoms. The Morgan fingerprint density at radius 2 is 1.70 bits per heavy atom.